The van der Waals surface area contributed by atoms with E-state index in [9.17, 15) is 0 Å². The third-order valence-electron chi connectivity index (χ3n) is 4.89. The van der Waals surface area contributed by atoms with Crippen LogP contribution in [-0.4, -0.2) is 16.3 Å². The molecule has 0 amide bonds. The molecule has 20 heavy (non-hydrogen) atoms. The molecule has 1 aromatic heterocycles. The Morgan fingerprint density at radius 2 is 2.10 bits per heavy atom. The quantitative estimate of drug-likeness (QED) is 0.852. The molecule has 2 rings (SSSR count). The third-order valence-corrected chi connectivity index (χ3v) is 4.89. The van der Waals surface area contributed by atoms with Crippen molar-refractivity contribution in [3.8, 4) is 0 Å². The van der Waals surface area contributed by atoms with Crippen molar-refractivity contribution >= 4 is 0 Å². The first-order valence-corrected chi connectivity index (χ1v) is 8.41. The van der Waals surface area contributed by atoms with Crippen molar-refractivity contribution < 1.29 is 0 Å². The molecular formula is C17H31N3. The van der Waals surface area contributed by atoms with Crippen LogP contribution in [0.25, 0.3) is 0 Å². The molecule has 0 aliphatic heterocycles. The second-order valence-corrected chi connectivity index (χ2v) is 6.38. The summed E-state index contributed by atoms with van der Waals surface area (Å²) in [6.07, 6.45) is 8.08. The maximum atomic E-state index is 4.56. The number of nitrogens with zero attached hydrogens (tertiary/aromatic N) is 2. The predicted octanol–water partition coefficient (Wildman–Crippen LogP) is 3.99. The summed E-state index contributed by atoms with van der Waals surface area (Å²) in [6.45, 7) is 7.80. The highest BCUT2D eigenvalue weighted by atomic mass is 15.3. The first kappa shape index (κ1) is 15.6. The Morgan fingerprint density at radius 1 is 1.35 bits per heavy atom. The number of hydrogen-bond donors (Lipinski definition) is 1. The van der Waals surface area contributed by atoms with Crippen LogP contribution in [0.1, 0.15) is 69.8 Å². The number of hydrogen-bond acceptors (Lipinski definition) is 2. The molecule has 0 saturated heterocycles. The number of aromatic nitrogens is 2. The maximum Gasteiger partial charge on any atom is 0.0597 e. The van der Waals surface area contributed by atoms with Gasteiger partial charge >= 0.3 is 0 Å². The lowest BCUT2D eigenvalue weighted by Gasteiger charge is -2.37. The normalized spacial score (nSPS) is 24.8. The van der Waals surface area contributed by atoms with Gasteiger partial charge in [-0.3, -0.25) is 4.68 Å². The summed E-state index contributed by atoms with van der Waals surface area (Å²) in [5.74, 6) is 1.64. The van der Waals surface area contributed by atoms with Gasteiger partial charge in [-0.05, 0) is 44.2 Å². The van der Waals surface area contributed by atoms with Gasteiger partial charge in [0.25, 0.3) is 0 Å². The average Bonchev–Trinajstić information content (AvgIpc) is 2.79. The van der Waals surface area contributed by atoms with E-state index in [-0.39, 0.29) is 0 Å². The predicted molar refractivity (Wildman–Crippen MR) is 84.7 cm³/mol. The highest BCUT2D eigenvalue weighted by Crippen LogP contribution is 2.40. The zero-order chi connectivity index (χ0) is 14.5. The summed E-state index contributed by atoms with van der Waals surface area (Å²) >= 11 is 0. The summed E-state index contributed by atoms with van der Waals surface area (Å²) in [7, 11) is 2.09. The van der Waals surface area contributed by atoms with Crippen LogP contribution >= 0.6 is 0 Å². The van der Waals surface area contributed by atoms with Crippen LogP contribution in [0.15, 0.2) is 6.07 Å². The maximum absolute atomic E-state index is 4.56. The molecule has 1 heterocycles. The molecular weight excluding hydrogens is 246 g/mol. The van der Waals surface area contributed by atoms with Crippen LogP contribution in [0.4, 0.5) is 0 Å². The van der Waals surface area contributed by atoms with Crippen LogP contribution in [-0.2, 0) is 7.05 Å². The lowest BCUT2D eigenvalue weighted by molar-refractivity contribution is 0.171. The largest absolute Gasteiger partial charge is 0.308 e. The van der Waals surface area contributed by atoms with Gasteiger partial charge in [-0.25, -0.2) is 0 Å². The van der Waals surface area contributed by atoms with Gasteiger partial charge in [0.2, 0.25) is 0 Å². The summed E-state index contributed by atoms with van der Waals surface area (Å²) in [5.41, 5.74) is 2.51. The molecule has 1 saturated carbocycles. The Balaban J connectivity index is 2.23. The molecule has 1 aliphatic carbocycles. The smallest absolute Gasteiger partial charge is 0.0597 e. The Kier molecular flexibility index (Phi) is 5.64. The molecule has 0 aromatic carbocycles. The van der Waals surface area contributed by atoms with Gasteiger partial charge in [0.15, 0.2) is 0 Å². The SMILES string of the molecule is CCCNC(c1cc(C)nn1C)C1CCCCC1CC. The summed E-state index contributed by atoms with van der Waals surface area (Å²) < 4.78 is 2.09. The van der Waals surface area contributed by atoms with Gasteiger partial charge in [0.1, 0.15) is 0 Å². The van der Waals surface area contributed by atoms with Crippen LogP contribution < -0.4 is 5.32 Å². The van der Waals surface area contributed by atoms with E-state index in [1.807, 2.05) is 0 Å². The molecule has 1 N–H and O–H groups in total. The van der Waals surface area contributed by atoms with Crippen molar-refractivity contribution in [1.82, 2.24) is 15.1 Å². The van der Waals surface area contributed by atoms with Crippen LogP contribution in [0.2, 0.25) is 0 Å². The van der Waals surface area contributed by atoms with E-state index < -0.39 is 0 Å². The topological polar surface area (TPSA) is 29.9 Å². The monoisotopic (exact) mass is 277 g/mol. The highest BCUT2D eigenvalue weighted by molar-refractivity contribution is 5.15. The van der Waals surface area contributed by atoms with E-state index in [4.69, 9.17) is 0 Å². The fourth-order valence-electron chi connectivity index (χ4n) is 3.88. The molecule has 114 valence electrons. The minimum absolute atomic E-state index is 0.478. The lowest BCUT2D eigenvalue weighted by Crippen LogP contribution is -2.36. The Bertz CT molecular complexity index is 410. The van der Waals surface area contributed by atoms with Crippen molar-refractivity contribution in [2.75, 3.05) is 6.54 Å². The summed E-state index contributed by atoms with van der Waals surface area (Å²) in [4.78, 5) is 0. The van der Waals surface area contributed by atoms with E-state index in [0.717, 1.165) is 24.1 Å². The summed E-state index contributed by atoms with van der Waals surface area (Å²) in [5, 5.41) is 8.38. The van der Waals surface area contributed by atoms with E-state index in [1.165, 1.54) is 44.2 Å². The minimum Gasteiger partial charge on any atom is -0.308 e. The van der Waals surface area contributed by atoms with E-state index in [1.54, 1.807) is 0 Å². The van der Waals surface area contributed by atoms with Gasteiger partial charge in [-0.15, -0.1) is 0 Å². The Morgan fingerprint density at radius 3 is 2.70 bits per heavy atom. The molecule has 0 spiro atoms. The number of aryl methyl sites for hydroxylation is 2. The lowest BCUT2D eigenvalue weighted by atomic mass is 9.73. The molecule has 3 nitrogen and oxygen atoms in total. The zero-order valence-electron chi connectivity index (χ0n) is 13.7. The second-order valence-electron chi connectivity index (χ2n) is 6.38. The molecule has 3 unspecified atom stereocenters. The molecule has 3 heteroatoms. The van der Waals surface area contributed by atoms with Gasteiger partial charge in [0, 0.05) is 7.05 Å². The van der Waals surface area contributed by atoms with Crippen LogP contribution in [0.3, 0.4) is 0 Å². The molecule has 1 fully saturated rings. The fourth-order valence-corrected chi connectivity index (χ4v) is 3.88. The second kappa shape index (κ2) is 7.26. The standard InChI is InChI=1S/C17H31N3/c1-5-11-18-17(16-12-13(3)19-20(16)4)15-10-8-7-9-14(15)6-2/h12,14-15,17-18H,5-11H2,1-4H3. The molecule has 3 atom stereocenters. The van der Waals surface area contributed by atoms with Crippen molar-refractivity contribution in [2.45, 2.75) is 65.3 Å². The van der Waals surface area contributed by atoms with Gasteiger partial charge in [0.05, 0.1) is 17.4 Å². The molecule has 0 radical (unpaired) electrons. The highest BCUT2D eigenvalue weighted by Gasteiger charge is 2.32. The first-order valence-electron chi connectivity index (χ1n) is 8.41. The fraction of sp³-hybridized carbons (Fsp3) is 0.824. The molecule has 1 aliphatic rings. The minimum atomic E-state index is 0.478. The van der Waals surface area contributed by atoms with E-state index in [0.29, 0.717) is 6.04 Å². The zero-order valence-corrected chi connectivity index (χ0v) is 13.7. The van der Waals surface area contributed by atoms with E-state index in [2.05, 4.69) is 49.0 Å². The number of nitrogens with one attached hydrogen (secondary N) is 1. The van der Waals surface area contributed by atoms with Crippen LogP contribution in [0, 0.1) is 18.8 Å². The van der Waals surface area contributed by atoms with Gasteiger partial charge in [-0.2, -0.15) is 5.10 Å². The number of rotatable bonds is 6. The Hall–Kier alpha value is -0.830. The van der Waals surface area contributed by atoms with Crippen molar-refractivity contribution in [2.24, 2.45) is 18.9 Å². The van der Waals surface area contributed by atoms with Crippen molar-refractivity contribution in [1.29, 1.82) is 0 Å². The first-order chi connectivity index (χ1) is 9.67. The van der Waals surface area contributed by atoms with Crippen molar-refractivity contribution in [3.63, 3.8) is 0 Å². The average molecular weight is 277 g/mol. The summed E-state index contributed by atoms with van der Waals surface area (Å²) in [6, 6.07) is 2.75. The van der Waals surface area contributed by atoms with E-state index >= 15 is 0 Å². The van der Waals surface area contributed by atoms with Gasteiger partial charge < -0.3 is 5.32 Å². The molecule has 0 bridgehead atoms. The Labute approximate surface area is 124 Å². The van der Waals surface area contributed by atoms with Gasteiger partial charge in [-0.1, -0.05) is 39.5 Å². The van der Waals surface area contributed by atoms with Crippen molar-refractivity contribution in [3.05, 3.63) is 17.5 Å². The third kappa shape index (κ3) is 3.43. The van der Waals surface area contributed by atoms with Crippen LogP contribution in [0.5, 0.6) is 0 Å². The molecule has 1 aromatic rings.